The summed E-state index contributed by atoms with van der Waals surface area (Å²) in [6.07, 6.45) is -2.43. The maximum absolute atomic E-state index is 12.2. The summed E-state index contributed by atoms with van der Waals surface area (Å²) in [6, 6.07) is 17.4. The Morgan fingerprint density at radius 3 is 2.35 bits per heavy atom. The van der Waals surface area contributed by atoms with Gasteiger partial charge in [0.2, 0.25) is 0 Å². The van der Waals surface area contributed by atoms with Crippen molar-refractivity contribution in [3.63, 3.8) is 0 Å². The molecule has 1 N–H and O–H groups in total. The van der Waals surface area contributed by atoms with Crippen molar-refractivity contribution in [2.24, 2.45) is 0 Å². The van der Waals surface area contributed by atoms with E-state index in [-0.39, 0.29) is 5.75 Å². The van der Waals surface area contributed by atoms with Crippen LogP contribution in [0.1, 0.15) is 5.56 Å². The van der Waals surface area contributed by atoms with Gasteiger partial charge >= 0.3 is 6.36 Å². The van der Waals surface area contributed by atoms with Gasteiger partial charge in [-0.2, -0.15) is 0 Å². The highest BCUT2D eigenvalue weighted by Gasteiger charge is 2.30. The van der Waals surface area contributed by atoms with Crippen molar-refractivity contribution in [3.05, 3.63) is 72.6 Å². The van der Waals surface area contributed by atoms with Crippen molar-refractivity contribution in [1.29, 1.82) is 0 Å². The Morgan fingerprint density at radius 2 is 1.65 bits per heavy atom. The Kier molecular flexibility index (Phi) is 5.36. The number of halogens is 3. The molecule has 3 aromatic rings. The smallest absolute Gasteiger partial charge is 0.406 e. The quantitative estimate of drug-likeness (QED) is 0.693. The van der Waals surface area contributed by atoms with Gasteiger partial charge in [0.05, 0.1) is 5.69 Å². The normalized spacial score (nSPS) is 11.2. The third-order valence-corrected chi connectivity index (χ3v) is 3.61. The molecule has 0 atom stereocenters. The summed E-state index contributed by atoms with van der Waals surface area (Å²) < 4.78 is 40.5. The van der Waals surface area contributed by atoms with E-state index < -0.39 is 6.36 Å². The van der Waals surface area contributed by atoms with Crippen LogP contribution < -0.4 is 10.1 Å². The summed E-state index contributed by atoms with van der Waals surface area (Å²) in [4.78, 5) is 8.33. The molecule has 0 fully saturated rings. The zero-order valence-electron chi connectivity index (χ0n) is 13.7. The standard InChI is InChI=1S/C19H16F3N3O/c20-19(21,22)26-16-8-6-15(7-9-16)17-12-18(25-13-24-17)23-11-10-14-4-2-1-3-5-14/h1-9,12-13H,10-11H2,(H,23,24,25). The summed E-state index contributed by atoms with van der Waals surface area (Å²) in [5.41, 5.74) is 2.50. The van der Waals surface area contributed by atoms with E-state index in [1.807, 2.05) is 18.2 Å². The molecule has 0 aliphatic rings. The lowest BCUT2D eigenvalue weighted by Gasteiger charge is -2.10. The fourth-order valence-electron chi connectivity index (χ4n) is 2.42. The number of nitrogens with zero attached hydrogens (tertiary/aromatic N) is 2. The van der Waals surface area contributed by atoms with Crippen molar-refractivity contribution >= 4 is 5.82 Å². The highest BCUT2D eigenvalue weighted by molar-refractivity contribution is 5.62. The number of ether oxygens (including phenoxy) is 1. The molecule has 1 aromatic heterocycles. The Hall–Kier alpha value is -3.09. The fraction of sp³-hybridized carbons (Fsp3) is 0.158. The van der Waals surface area contributed by atoms with Crippen LogP contribution >= 0.6 is 0 Å². The average Bonchev–Trinajstić information content (AvgIpc) is 2.62. The van der Waals surface area contributed by atoms with E-state index in [9.17, 15) is 13.2 Å². The predicted octanol–water partition coefficient (Wildman–Crippen LogP) is 4.70. The van der Waals surface area contributed by atoms with E-state index in [0.717, 1.165) is 6.42 Å². The van der Waals surface area contributed by atoms with Gasteiger partial charge in [0.15, 0.2) is 0 Å². The molecule has 0 bridgehead atoms. The first kappa shape index (κ1) is 17.7. The Balaban J connectivity index is 1.63. The molecule has 0 unspecified atom stereocenters. The highest BCUT2D eigenvalue weighted by atomic mass is 19.4. The largest absolute Gasteiger partial charge is 0.573 e. The Morgan fingerprint density at radius 1 is 0.923 bits per heavy atom. The third kappa shape index (κ3) is 5.20. The summed E-state index contributed by atoms with van der Waals surface area (Å²) in [5, 5.41) is 3.22. The molecule has 4 nitrogen and oxygen atoms in total. The van der Waals surface area contributed by atoms with Crippen molar-refractivity contribution < 1.29 is 17.9 Å². The first-order chi connectivity index (χ1) is 12.5. The number of hydrogen-bond acceptors (Lipinski definition) is 4. The number of benzene rings is 2. The van der Waals surface area contributed by atoms with Crippen LogP contribution in [-0.2, 0) is 6.42 Å². The van der Waals surface area contributed by atoms with Gasteiger partial charge in [-0.25, -0.2) is 9.97 Å². The minimum absolute atomic E-state index is 0.267. The number of alkyl halides is 3. The van der Waals surface area contributed by atoms with Gasteiger partial charge in [0.25, 0.3) is 0 Å². The van der Waals surface area contributed by atoms with Crippen LogP contribution in [-0.4, -0.2) is 22.9 Å². The van der Waals surface area contributed by atoms with Crippen LogP contribution in [0, 0.1) is 0 Å². The SMILES string of the molecule is FC(F)(F)Oc1ccc(-c2cc(NCCc3ccccc3)ncn2)cc1. The maximum Gasteiger partial charge on any atom is 0.573 e. The first-order valence-corrected chi connectivity index (χ1v) is 7.96. The monoisotopic (exact) mass is 359 g/mol. The van der Waals surface area contributed by atoms with Crippen molar-refractivity contribution in [3.8, 4) is 17.0 Å². The third-order valence-electron chi connectivity index (χ3n) is 3.61. The molecule has 1 heterocycles. The molecule has 0 aliphatic carbocycles. The molecular weight excluding hydrogens is 343 g/mol. The second-order valence-corrected chi connectivity index (χ2v) is 5.52. The van der Waals surface area contributed by atoms with Gasteiger partial charge in [0, 0.05) is 18.2 Å². The molecule has 26 heavy (non-hydrogen) atoms. The molecule has 0 amide bonds. The summed E-state index contributed by atoms with van der Waals surface area (Å²) >= 11 is 0. The van der Waals surface area contributed by atoms with Gasteiger partial charge in [-0.15, -0.1) is 13.2 Å². The van der Waals surface area contributed by atoms with Crippen molar-refractivity contribution in [1.82, 2.24) is 9.97 Å². The van der Waals surface area contributed by atoms with Gasteiger partial charge in [0.1, 0.15) is 17.9 Å². The number of rotatable bonds is 6. The van der Waals surface area contributed by atoms with Crippen LogP contribution in [0.3, 0.4) is 0 Å². The minimum Gasteiger partial charge on any atom is -0.406 e. The van der Waals surface area contributed by atoms with Crippen LogP contribution in [0.5, 0.6) is 5.75 Å². The number of hydrogen-bond donors (Lipinski definition) is 1. The molecular formula is C19H16F3N3O. The predicted molar refractivity (Wildman–Crippen MR) is 92.8 cm³/mol. The summed E-state index contributed by atoms with van der Waals surface area (Å²) in [6.45, 7) is 0.707. The summed E-state index contributed by atoms with van der Waals surface area (Å²) in [5.74, 6) is 0.387. The van der Waals surface area contributed by atoms with Crippen molar-refractivity contribution in [2.45, 2.75) is 12.8 Å². The van der Waals surface area contributed by atoms with Crippen LogP contribution in [0.4, 0.5) is 19.0 Å². The molecule has 0 spiro atoms. The van der Waals surface area contributed by atoms with Crippen LogP contribution in [0.2, 0.25) is 0 Å². The Labute approximate surface area is 148 Å². The molecule has 134 valence electrons. The molecule has 0 radical (unpaired) electrons. The minimum atomic E-state index is -4.70. The fourth-order valence-corrected chi connectivity index (χ4v) is 2.42. The van der Waals surface area contributed by atoms with Crippen LogP contribution in [0.25, 0.3) is 11.3 Å². The number of nitrogens with one attached hydrogen (secondary N) is 1. The molecule has 3 rings (SSSR count). The second kappa shape index (κ2) is 7.86. The first-order valence-electron chi connectivity index (χ1n) is 7.96. The van der Waals surface area contributed by atoms with E-state index in [4.69, 9.17) is 0 Å². The molecule has 7 heteroatoms. The molecule has 0 saturated carbocycles. The molecule has 2 aromatic carbocycles. The topological polar surface area (TPSA) is 47.0 Å². The van der Waals surface area contributed by atoms with Gasteiger partial charge < -0.3 is 10.1 Å². The van der Waals surface area contributed by atoms with E-state index in [1.54, 1.807) is 6.07 Å². The van der Waals surface area contributed by atoms with Gasteiger partial charge in [-0.1, -0.05) is 30.3 Å². The highest BCUT2D eigenvalue weighted by Crippen LogP contribution is 2.26. The van der Waals surface area contributed by atoms with E-state index >= 15 is 0 Å². The van der Waals surface area contributed by atoms with Gasteiger partial charge in [-0.3, -0.25) is 0 Å². The number of anilines is 1. The maximum atomic E-state index is 12.2. The van der Waals surface area contributed by atoms with E-state index in [2.05, 4.69) is 32.2 Å². The second-order valence-electron chi connectivity index (χ2n) is 5.52. The molecule has 0 aliphatic heterocycles. The van der Waals surface area contributed by atoms with Crippen molar-refractivity contribution in [2.75, 3.05) is 11.9 Å². The lowest BCUT2D eigenvalue weighted by molar-refractivity contribution is -0.274. The zero-order valence-corrected chi connectivity index (χ0v) is 13.7. The molecule has 0 saturated heterocycles. The lowest BCUT2D eigenvalue weighted by Crippen LogP contribution is -2.16. The average molecular weight is 359 g/mol. The lowest BCUT2D eigenvalue weighted by atomic mass is 10.1. The number of aromatic nitrogens is 2. The van der Waals surface area contributed by atoms with E-state index in [0.29, 0.717) is 23.6 Å². The van der Waals surface area contributed by atoms with Gasteiger partial charge in [-0.05, 0) is 36.2 Å². The Bertz CT molecular complexity index is 837. The zero-order chi connectivity index (χ0) is 18.4. The van der Waals surface area contributed by atoms with E-state index in [1.165, 1.54) is 36.2 Å². The summed E-state index contributed by atoms with van der Waals surface area (Å²) in [7, 11) is 0. The van der Waals surface area contributed by atoms with Crippen LogP contribution in [0.15, 0.2) is 67.0 Å².